The quantitative estimate of drug-likeness (QED) is 0.130. The van der Waals surface area contributed by atoms with Crippen molar-refractivity contribution in [2.75, 3.05) is 13.7 Å². The van der Waals surface area contributed by atoms with E-state index >= 15 is 0 Å². The summed E-state index contributed by atoms with van der Waals surface area (Å²) in [5.41, 5.74) is 4.23. The molecule has 3 atom stereocenters. The smallest absolute Gasteiger partial charge is 0.163 e. The summed E-state index contributed by atoms with van der Waals surface area (Å²) >= 11 is 0. The van der Waals surface area contributed by atoms with Gasteiger partial charge in [-0.2, -0.15) is 0 Å². The van der Waals surface area contributed by atoms with E-state index < -0.39 is 12.1 Å². The number of nitrogens with one attached hydrogen (secondary N) is 1. The number of methoxy groups -OCH3 is 1. The molecule has 0 saturated heterocycles. The van der Waals surface area contributed by atoms with Crippen LogP contribution in [-0.4, -0.2) is 25.7 Å². The minimum Gasteiger partial charge on any atom is -0.497 e. The zero-order valence-electron chi connectivity index (χ0n) is 24.2. The van der Waals surface area contributed by atoms with Crippen molar-refractivity contribution < 1.29 is 19.0 Å². The molecule has 0 bridgehead atoms. The van der Waals surface area contributed by atoms with E-state index in [0.29, 0.717) is 19.6 Å². The summed E-state index contributed by atoms with van der Waals surface area (Å²) in [6.45, 7) is 0.856. The first-order valence-corrected chi connectivity index (χ1v) is 14.7. The molecule has 6 rings (SSSR count). The minimum absolute atomic E-state index is 0.00884. The van der Waals surface area contributed by atoms with Crippen molar-refractivity contribution in [1.82, 2.24) is 5.32 Å². The molecule has 0 fully saturated rings. The van der Waals surface area contributed by atoms with Gasteiger partial charge < -0.3 is 14.2 Å². The number of hydrogen-bond donors (Lipinski definition) is 1. The van der Waals surface area contributed by atoms with Gasteiger partial charge in [0.15, 0.2) is 12.0 Å². The van der Waals surface area contributed by atoms with Crippen LogP contribution in [0.5, 0.6) is 11.5 Å². The predicted molar refractivity (Wildman–Crippen MR) is 171 cm³/mol. The number of hydrogen-bond acceptors (Lipinski definition) is 5. The molecule has 0 saturated carbocycles. The van der Waals surface area contributed by atoms with Crippen molar-refractivity contribution in [3.05, 3.63) is 150 Å². The van der Waals surface area contributed by atoms with Crippen LogP contribution in [0.1, 0.15) is 34.7 Å². The number of rotatable bonds is 11. The molecule has 1 aliphatic heterocycles. The van der Waals surface area contributed by atoms with Gasteiger partial charge in [-0.05, 0) is 58.2 Å². The second-order valence-corrected chi connectivity index (χ2v) is 10.7. The topological polar surface area (TPSA) is 56.8 Å². The minimum atomic E-state index is -0.545. The van der Waals surface area contributed by atoms with E-state index in [1.807, 2.05) is 91.0 Å². The normalized spacial score (nSPS) is 16.9. The maximum Gasteiger partial charge on any atom is 0.163 e. The Labute approximate surface area is 252 Å². The number of carbonyl (C=O) groups excluding carboxylic acids is 1. The van der Waals surface area contributed by atoms with Gasteiger partial charge in [0.05, 0.1) is 25.7 Å². The summed E-state index contributed by atoms with van der Waals surface area (Å²) in [4.78, 5) is 13.8. The second kappa shape index (κ2) is 13.5. The van der Waals surface area contributed by atoms with Crippen LogP contribution in [0.25, 0.3) is 16.8 Å². The molecule has 5 aromatic rings. The van der Waals surface area contributed by atoms with Crippen LogP contribution in [0.15, 0.2) is 127 Å². The third kappa shape index (κ3) is 6.69. The highest BCUT2D eigenvalue weighted by molar-refractivity contribution is 5.96. The fourth-order valence-corrected chi connectivity index (χ4v) is 5.63. The van der Waals surface area contributed by atoms with Gasteiger partial charge in [-0.3, -0.25) is 10.1 Å². The monoisotopic (exact) mass is 569 g/mol. The lowest BCUT2D eigenvalue weighted by molar-refractivity contribution is -0.123. The van der Waals surface area contributed by atoms with Gasteiger partial charge in [-0.1, -0.05) is 109 Å². The zero-order valence-corrected chi connectivity index (χ0v) is 24.2. The number of ketones is 1. The third-order valence-electron chi connectivity index (χ3n) is 7.91. The summed E-state index contributed by atoms with van der Waals surface area (Å²) in [6.07, 6.45) is 3.49. The lowest BCUT2D eigenvalue weighted by Crippen LogP contribution is -2.49. The molecule has 43 heavy (non-hydrogen) atoms. The molecule has 5 nitrogen and oxygen atoms in total. The SMILES string of the molecule is COc1ccc(COCCC(C(=O)/C=C/c2ccccc2)[C@H]2N[C@@H](c3ccccc3)c3c(ccc4ccccc34)O2)cc1. The second-order valence-electron chi connectivity index (χ2n) is 10.7. The molecule has 1 heterocycles. The summed E-state index contributed by atoms with van der Waals surface area (Å²) in [6, 6.07) is 40.4. The van der Waals surface area contributed by atoms with Crippen LogP contribution >= 0.6 is 0 Å². The van der Waals surface area contributed by atoms with Crippen LogP contribution in [0.4, 0.5) is 0 Å². The Morgan fingerprint density at radius 1 is 0.860 bits per heavy atom. The largest absolute Gasteiger partial charge is 0.497 e. The van der Waals surface area contributed by atoms with Crippen molar-refractivity contribution >= 4 is 22.6 Å². The van der Waals surface area contributed by atoms with Gasteiger partial charge in [0.25, 0.3) is 0 Å². The summed E-state index contributed by atoms with van der Waals surface area (Å²) < 4.78 is 18.0. The molecular formula is C38H35NO4. The van der Waals surface area contributed by atoms with Crippen LogP contribution < -0.4 is 14.8 Å². The average Bonchev–Trinajstić information content (AvgIpc) is 3.07. The maximum atomic E-state index is 13.8. The first-order chi connectivity index (χ1) is 21.2. The van der Waals surface area contributed by atoms with Gasteiger partial charge >= 0.3 is 0 Å². The van der Waals surface area contributed by atoms with Crippen molar-refractivity contribution in [3.63, 3.8) is 0 Å². The lowest BCUT2D eigenvalue weighted by atomic mass is 9.89. The van der Waals surface area contributed by atoms with E-state index in [0.717, 1.165) is 44.5 Å². The van der Waals surface area contributed by atoms with Gasteiger partial charge in [0.2, 0.25) is 0 Å². The van der Waals surface area contributed by atoms with Gasteiger partial charge in [0.1, 0.15) is 11.5 Å². The molecule has 1 aliphatic rings. The van der Waals surface area contributed by atoms with Gasteiger partial charge in [-0.15, -0.1) is 0 Å². The van der Waals surface area contributed by atoms with Crippen LogP contribution in [-0.2, 0) is 16.1 Å². The predicted octanol–water partition coefficient (Wildman–Crippen LogP) is 7.75. The van der Waals surface area contributed by atoms with Crippen molar-refractivity contribution in [2.45, 2.75) is 25.3 Å². The fraction of sp³-hybridized carbons (Fsp3) is 0.184. The highest BCUT2D eigenvalue weighted by Crippen LogP contribution is 2.41. The van der Waals surface area contributed by atoms with E-state index in [4.69, 9.17) is 14.2 Å². The highest BCUT2D eigenvalue weighted by Gasteiger charge is 2.37. The molecule has 0 amide bonds. The number of fused-ring (bicyclic) bond motifs is 3. The standard InChI is InChI=1S/C38H35NO4/c1-41-31-20-16-28(17-21-31)26-42-25-24-33(34(40)22-18-27-10-4-2-5-11-27)38-39-37(30-13-6-3-7-14-30)36-32-15-9-8-12-29(32)19-23-35(36)43-38/h2-23,33,37-39H,24-26H2,1H3/b22-18+/t33?,37-,38-/m0/s1. The molecule has 0 aliphatic carbocycles. The molecule has 0 aromatic heterocycles. The van der Waals surface area contributed by atoms with Gasteiger partial charge in [0, 0.05) is 12.2 Å². The van der Waals surface area contributed by atoms with E-state index in [1.54, 1.807) is 13.2 Å². The first kappa shape index (κ1) is 28.4. The third-order valence-corrected chi connectivity index (χ3v) is 7.91. The molecule has 0 spiro atoms. The molecule has 5 aromatic carbocycles. The van der Waals surface area contributed by atoms with Crippen molar-refractivity contribution in [1.29, 1.82) is 0 Å². The average molecular weight is 570 g/mol. The molecule has 1 N–H and O–H groups in total. The lowest BCUT2D eigenvalue weighted by Gasteiger charge is -2.38. The number of benzene rings is 5. The van der Waals surface area contributed by atoms with E-state index in [2.05, 4.69) is 41.7 Å². The van der Waals surface area contributed by atoms with Crippen LogP contribution in [0, 0.1) is 5.92 Å². The highest BCUT2D eigenvalue weighted by atomic mass is 16.5. The van der Waals surface area contributed by atoms with E-state index in [1.165, 1.54) is 0 Å². The van der Waals surface area contributed by atoms with Crippen molar-refractivity contribution in [3.8, 4) is 11.5 Å². The number of carbonyl (C=O) groups is 1. The van der Waals surface area contributed by atoms with Crippen LogP contribution in [0.2, 0.25) is 0 Å². The van der Waals surface area contributed by atoms with E-state index in [9.17, 15) is 4.79 Å². The number of ether oxygens (including phenoxy) is 3. The Morgan fingerprint density at radius 3 is 2.35 bits per heavy atom. The summed E-state index contributed by atoms with van der Waals surface area (Å²) in [5.74, 6) is 1.12. The summed E-state index contributed by atoms with van der Waals surface area (Å²) in [5, 5.41) is 6.01. The Morgan fingerprint density at radius 2 is 1.58 bits per heavy atom. The maximum absolute atomic E-state index is 13.8. The first-order valence-electron chi connectivity index (χ1n) is 14.7. The Kier molecular flexibility index (Phi) is 8.93. The molecule has 0 radical (unpaired) electrons. The summed E-state index contributed by atoms with van der Waals surface area (Å²) in [7, 11) is 1.65. The Balaban J connectivity index is 1.28. The molecular weight excluding hydrogens is 534 g/mol. The van der Waals surface area contributed by atoms with Gasteiger partial charge in [-0.25, -0.2) is 0 Å². The van der Waals surface area contributed by atoms with Crippen LogP contribution in [0.3, 0.4) is 0 Å². The molecule has 1 unspecified atom stereocenters. The number of allylic oxidation sites excluding steroid dienone is 1. The van der Waals surface area contributed by atoms with Crippen molar-refractivity contribution in [2.24, 2.45) is 5.92 Å². The fourth-order valence-electron chi connectivity index (χ4n) is 5.63. The Bertz CT molecular complexity index is 1680. The zero-order chi connectivity index (χ0) is 29.4. The molecule has 5 heteroatoms. The molecule has 216 valence electrons. The van der Waals surface area contributed by atoms with E-state index in [-0.39, 0.29) is 11.8 Å². The Hall–Kier alpha value is -4.71.